The van der Waals surface area contributed by atoms with Crippen LogP contribution in [0.15, 0.2) is 18.2 Å². The van der Waals surface area contributed by atoms with Gasteiger partial charge in [0.2, 0.25) is 0 Å². The number of hydrazine groups is 1. The fraction of sp³-hybridized carbons (Fsp3) is 0.400. The third-order valence-corrected chi connectivity index (χ3v) is 3.80. The van der Waals surface area contributed by atoms with Gasteiger partial charge < -0.3 is 4.74 Å². The first-order chi connectivity index (χ1) is 9.99. The zero-order valence-corrected chi connectivity index (χ0v) is 12.8. The van der Waals surface area contributed by atoms with Crippen molar-refractivity contribution in [3.63, 3.8) is 0 Å². The summed E-state index contributed by atoms with van der Waals surface area (Å²) in [6, 6.07) is 4.90. The van der Waals surface area contributed by atoms with Gasteiger partial charge in [0, 0.05) is 18.3 Å². The molecule has 0 aliphatic heterocycles. The summed E-state index contributed by atoms with van der Waals surface area (Å²) in [7, 11) is 3.34. The number of rotatable bonds is 5. The highest BCUT2D eigenvalue weighted by atomic mass is 19.1. The number of aryl methyl sites for hydroxylation is 2. The van der Waals surface area contributed by atoms with Crippen LogP contribution in [0.4, 0.5) is 4.39 Å². The molecule has 0 bridgehead atoms. The average molecular weight is 292 g/mol. The molecular weight excluding hydrogens is 271 g/mol. The number of nitrogens with two attached hydrogens (primary N) is 1. The van der Waals surface area contributed by atoms with Crippen molar-refractivity contribution in [3.05, 3.63) is 46.5 Å². The Morgan fingerprint density at radius 3 is 2.67 bits per heavy atom. The maximum absolute atomic E-state index is 14.3. The monoisotopic (exact) mass is 292 g/mol. The predicted octanol–water partition coefficient (Wildman–Crippen LogP) is 1.93. The first kappa shape index (κ1) is 15.5. The van der Waals surface area contributed by atoms with Crippen LogP contribution in [0, 0.1) is 19.7 Å². The second-order valence-corrected chi connectivity index (χ2v) is 5.06. The first-order valence-electron chi connectivity index (χ1n) is 6.77. The van der Waals surface area contributed by atoms with Gasteiger partial charge in [-0.15, -0.1) is 0 Å². The summed E-state index contributed by atoms with van der Waals surface area (Å²) in [5, 5.41) is 4.38. The molecule has 0 fully saturated rings. The van der Waals surface area contributed by atoms with E-state index in [0.29, 0.717) is 12.0 Å². The van der Waals surface area contributed by atoms with Gasteiger partial charge in [-0.2, -0.15) is 5.10 Å². The van der Waals surface area contributed by atoms with Crippen molar-refractivity contribution in [3.8, 4) is 5.75 Å². The number of aromatic nitrogens is 2. The lowest BCUT2D eigenvalue weighted by Crippen LogP contribution is -2.30. The Morgan fingerprint density at radius 1 is 1.43 bits per heavy atom. The van der Waals surface area contributed by atoms with E-state index in [9.17, 15) is 4.39 Å². The molecule has 1 atom stereocenters. The summed E-state index contributed by atoms with van der Waals surface area (Å²) >= 11 is 0. The highest BCUT2D eigenvalue weighted by molar-refractivity contribution is 5.34. The summed E-state index contributed by atoms with van der Waals surface area (Å²) in [6.07, 6.45) is 0.424. The van der Waals surface area contributed by atoms with Crippen molar-refractivity contribution in [2.45, 2.75) is 26.3 Å². The van der Waals surface area contributed by atoms with Crippen LogP contribution in [-0.4, -0.2) is 16.9 Å². The Balaban J connectivity index is 2.36. The van der Waals surface area contributed by atoms with Crippen LogP contribution >= 0.6 is 0 Å². The molecule has 1 aromatic carbocycles. The van der Waals surface area contributed by atoms with E-state index in [4.69, 9.17) is 10.6 Å². The fourth-order valence-corrected chi connectivity index (χ4v) is 2.63. The smallest absolute Gasteiger partial charge is 0.168 e. The largest absolute Gasteiger partial charge is 0.494 e. The molecule has 5 nitrogen and oxygen atoms in total. The van der Waals surface area contributed by atoms with Crippen LogP contribution in [0.2, 0.25) is 0 Å². The summed E-state index contributed by atoms with van der Waals surface area (Å²) in [5.41, 5.74) is 6.23. The highest BCUT2D eigenvalue weighted by Crippen LogP contribution is 2.27. The zero-order chi connectivity index (χ0) is 15.6. The topological polar surface area (TPSA) is 65.1 Å². The molecule has 3 N–H and O–H groups in total. The fourth-order valence-electron chi connectivity index (χ4n) is 2.63. The number of halogens is 1. The van der Waals surface area contributed by atoms with Gasteiger partial charge in [0.05, 0.1) is 18.8 Å². The van der Waals surface area contributed by atoms with Crippen molar-refractivity contribution in [1.29, 1.82) is 0 Å². The third-order valence-electron chi connectivity index (χ3n) is 3.80. The molecule has 114 valence electrons. The molecule has 0 spiro atoms. The molecule has 1 unspecified atom stereocenters. The van der Waals surface area contributed by atoms with Crippen molar-refractivity contribution in [2.75, 3.05) is 7.11 Å². The predicted molar refractivity (Wildman–Crippen MR) is 79.4 cm³/mol. The Hall–Kier alpha value is -1.92. The number of nitrogens with zero attached hydrogens (tertiary/aromatic N) is 2. The van der Waals surface area contributed by atoms with E-state index in [0.717, 1.165) is 17.0 Å². The molecule has 0 aliphatic rings. The second kappa shape index (κ2) is 6.24. The van der Waals surface area contributed by atoms with Crippen LogP contribution in [0.25, 0.3) is 0 Å². The number of hydrogen-bond donors (Lipinski definition) is 2. The van der Waals surface area contributed by atoms with Crippen molar-refractivity contribution in [1.82, 2.24) is 15.2 Å². The Bertz CT molecular complexity index is 639. The third kappa shape index (κ3) is 2.91. The lowest BCUT2D eigenvalue weighted by Gasteiger charge is -2.18. The van der Waals surface area contributed by atoms with Gasteiger partial charge in [-0.05, 0) is 31.9 Å². The molecule has 0 amide bonds. The average Bonchev–Trinajstić information content (AvgIpc) is 2.72. The molecule has 2 rings (SSSR count). The van der Waals surface area contributed by atoms with E-state index in [2.05, 4.69) is 10.5 Å². The molecule has 0 saturated carbocycles. The van der Waals surface area contributed by atoms with Crippen molar-refractivity contribution < 1.29 is 9.13 Å². The maximum Gasteiger partial charge on any atom is 0.168 e. The molecule has 6 heteroatoms. The quantitative estimate of drug-likeness (QED) is 0.653. The van der Waals surface area contributed by atoms with Gasteiger partial charge in [-0.3, -0.25) is 16.0 Å². The van der Waals surface area contributed by atoms with Gasteiger partial charge in [-0.25, -0.2) is 4.39 Å². The standard InChI is InChI=1S/C15H21FN4O/c1-9-14(10(2)20(3)19-9)12(18-17)8-11-6-5-7-13(21-4)15(11)16/h5-7,12,18H,8,17H2,1-4H3. The number of nitrogens with one attached hydrogen (secondary N) is 1. The lowest BCUT2D eigenvalue weighted by atomic mass is 9.97. The maximum atomic E-state index is 14.3. The van der Waals surface area contributed by atoms with E-state index in [1.165, 1.54) is 7.11 Å². The molecule has 1 aromatic heterocycles. The molecule has 21 heavy (non-hydrogen) atoms. The Labute approximate surface area is 123 Å². The second-order valence-electron chi connectivity index (χ2n) is 5.06. The van der Waals surface area contributed by atoms with Gasteiger partial charge in [0.15, 0.2) is 11.6 Å². The zero-order valence-electron chi connectivity index (χ0n) is 12.8. The van der Waals surface area contributed by atoms with Crippen molar-refractivity contribution in [2.24, 2.45) is 12.9 Å². The van der Waals surface area contributed by atoms with E-state index < -0.39 is 0 Å². The Morgan fingerprint density at radius 2 is 2.14 bits per heavy atom. The van der Waals surface area contributed by atoms with E-state index >= 15 is 0 Å². The molecule has 0 aliphatic carbocycles. The SMILES string of the molecule is COc1cccc(CC(NN)c2c(C)nn(C)c2C)c1F. The minimum absolute atomic E-state index is 0.208. The minimum atomic E-state index is -0.348. The van der Waals surface area contributed by atoms with E-state index in [1.54, 1.807) is 22.9 Å². The molecule has 1 heterocycles. The van der Waals surface area contributed by atoms with E-state index in [-0.39, 0.29) is 17.6 Å². The number of benzene rings is 1. The normalized spacial score (nSPS) is 12.5. The van der Waals surface area contributed by atoms with Crippen LogP contribution < -0.4 is 16.0 Å². The van der Waals surface area contributed by atoms with Crippen LogP contribution in [0.1, 0.15) is 28.6 Å². The minimum Gasteiger partial charge on any atom is -0.494 e. The van der Waals surface area contributed by atoms with Crippen LogP contribution in [0.3, 0.4) is 0 Å². The summed E-state index contributed by atoms with van der Waals surface area (Å²) in [5.74, 6) is 5.57. The number of methoxy groups -OCH3 is 1. The van der Waals surface area contributed by atoms with Crippen LogP contribution in [0.5, 0.6) is 5.75 Å². The van der Waals surface area contributed by atoms with Crippen molar-refractivity contribution >= 4 is 0 Å². The highest BCUT2D eigenvalue weighted by Gasteiger charge is 2.21. The summed E-state index contributed by atoms with van der Waals surface area (Å²) in [4.78, 5) is 0. The van der Waals surface area contributed by atoms with Gasteiger partial charge >= 0.3 is 0 Å². The van der Waals surface area contributed by atoms with Gasteiger partial charge in [0.1, 0.15) is 0 Å². The van der Waals surface area contributed by atoms with Crippen LogP contribution in [-0.2, 0) is 13.5 Å². The molecular formula is C15H21FN4O. The summed E-state index contributed by atoms with van der Waals surface area (Å²) < 4.78 is 21.1. The van der Waals surface area contributed by atoms with E-state index in [1.807, 2.05) is 20.9 Å². The lowest BCUT2D eigenvalue weighted by molar-refractivity contribution is 0.382. The molecule has 2 aromatic rings. The first-order valence-corrected chi connectivity index (χ1v) is 6.77. The molecule has 0 saturated heterocycles. The summed E-state index contributed by atoms with van der Waals surface area (Å²) in [6.45, 7) is 3.90. The Kier molecular flexibility index (Phi) is 4.59. The number of hydrogen-bond acceptors (Lipinski definition) is 4. The number of ether oxygens (including phenoxy) is 1. The molecule has 0 radical (unpaired) electrons. The van der Waals surface area contributed by atoms with Gasteiger partial charge in [-0.1, -0.05) is 12.1 Å². The van der Waals surface area contributed by atoms with Gasteiger partial charge in [0.25, 0.3) is 0 Å².